The van der Waals surface area contributed by atoms with Crippen molar-refractivity contribution >= 4 is 11.3 Å². The first kappa shape index (κ1) is 16.1. The first-order valence-corrected chi connectivity index (χ1v) is 8.06. The molecule has 21 heavy (non-hydrogen) atoms. The van der Waals surface area contributed by atoms with Crippen LogP contribution in [0.3, 0.4) is 0 Å². The fraction of sp³-hybridized carbons (Fsp3) is 0.643. The zero-order valence-corrected chi connectivity index (χ0v) is 13.8. The van der Waals surface area contributed by atoms with E-state index < -0.39 is 0 Å². The zero-order chi connectivity index (χ0) is 15.2. The van der Waals surface area contributed by atoms with Gasteiger partial charge in [0, 0.05) is 18.5 Å². The molecule has 0 bridgehead atoms. The van der Waals surface area contributed by atoms with Gasteiger partial charge in [-0.2, -0.15) is 0 Å². The Balaban J connectivity index is 2.21. The van der Waals surface area contributed by atoms with Crippen LogP contribution in [0.4, 0.5) is 0 Å². The molecule has 0 amide bonds. The Kier molecular flexibility index (Phi) is 5.84. The van der Waals surface area contributed by atoms with E-state index in [1.165, 1.54) is 4.88 Å². The topological polar surface area (TPSA) is 64.9 Å². The highest BCUT2D eigenvalue weighted by Crippen LogP contribution is 2.30. The van der Waals surface area contributed by atoms with E-state index in [0.717, 1.165) is 12.4 Å². The highest BCUT2D eigenvalue weighted by atomic mass is 32.1. The number of methoxy groups -OCH3 is 1. The Morgan fingerprint density at radius 1 is 1.38 bits per heavy atom. The van der Waals surface area contributed by atoms with Crippen LogP contribution in [0.15, 0.2) is 17.5 Å². The van der Waals surface area contributed by atoms with Gasteiger partial charge >= 0.3 is 0 Å². The molecular formula is C14H23N5OS. The number of hydrogen-bond acceptors (Lipinski definition) is 6. The summed E-state index contributed by atoms with van der Waals surface area (Å²) in [7, 11) is 1.70. The molecule has 2 aromatic heterocycles. The second kappa shape index (κ2) is 7.63. The van der Waals surface area contributed by atoms with Crippen LogP contribution < -0.4 is 5.32 Å². The number of nitrogens with zero attached hydrogens (tertiary/aromatic N) is 4. The van der Waals surface area contributed by atoms with Crippen LogP contribution in [0.5, 0.6) is 0 Å². The summed E-state index contributed by atoms with van der Waals surface area (Å²) in [6, 6.07) is 4.46. The summed E-state index contributed by atoms with van der Waals surface area (Å²) in [6.07, 6.45) is 0. The highest BCUT2D eigenvalue weighted by molar-refractivity contribution is 7.10. The molecule has 0 aliphatic rings. The van der Waals surface area contributed by atoms with Crippen LogP contribution in [-0.2, 0) is 4.74 Å². The van der Waals surface area contributed by atoms with E-state index in [9.17, 15) is 0 Å². The minimum Gasteiger partial charge on any atom is -0.383 e. The summed E-state index contributed by atoms with van der Waals surface area (Å²) in [4.78, 5) is 1.28. The van der Waals surface area contributed by atoms with Crippen molar-refractivity contribution in [1.29, 1.82) is 0 Å². The van der Waals surface area contributed by atoms with Crippen LogP contribution in [-0.4, -0.2) is 40.5 Å². The minimum atomic E-state index is 0.0800. The van der Waals surface area contributed by atoms with Gasteiger partial charge in [-0.1, -0.05) is 19.9 Å². The van der Waals surface area contributed by atoms with Gasteiger partial charge in [0.15, 0.2) is 5.82 Å². The summed E-state index contributed by atoms with van der Waals surface area (Å²) < 4.78 is 7.01. The SMILES string of the molecule is COCCNC(C)c1nnnn1C(c1cccs1)C(C)C. The van der Waals surface area contributed by atoms with Gasteiger partial charge in [0.05, 0.1) is 18.7 Å². The number of thiophene rings is 1. The molecule has 2 unspecified atom stereocenters. The average Bonchev–Trinajstić information content (AvgIpc) is 3.10. The van der Waals surface area contributed by atoms with Crippen molar-refractivity contribution in [2.24, 2.45) is 5.92 Å². The van der Waals surface area contributed by atoms with Crippen LogP contribution >= 0.6 is 11.3 Å². The molecule has 7 heteroatoms. The van der Waals surface area contributed by atoms with Crippen molar-refractivity contribution in [2.75, 3.05) is 20.3 Å². The monoisotopic (exact) mass is 309 g/mol. The van der Waals surface area contributed by atoms with Crippen molar-refractivity contribution < 1.29 is 4.74 Å². The smallest absolute Gasteiger partial charge is 0.168 e. The molecule has 2 heterocycles. The summed E-state index contributed by atoms with van der Waals surface area (Å²) >= 11 is 1.74. The number of ether oxygens (including phenoxy) is 1. The van der Waals surface area contributed by atoms with Crippen molar-refractivity contribution in [1.82, 2.24) is 25.5 Å². The van der Waals surface area contributed by atoms with Gasteiger partial charge in [0.25, 0.3) is 0 Å². The summed E-state index contributed by atoms with van der Waals surface area (Å²) in [6.45, 7) is 7.90. The van der Waals surface area contributed by atoms with Crippen molar-refractivity contribution in [2.45, 2.75) is 32.9 Å². The van der Waals surface area contributed by atoms with Crippen molar-refractivity contribution in [3.63, 3.8) is 0 Å². The standard InChI is InChI=1S/C14H23N5OS/c1-10(2)13(12-6-5-9-21-12)19-14(16-17-18-19)11(3)15-7-8-20-4/h5-6,9-11,13,15H,7-8H2,1-4H3. The van der Waals surface area contributed by atoms with E-state index in [1.807, 2.05) is 4.68 Å². The highest BCUT2D eigenvalue weighted by Gasteiger charge is 2.25. The minimum absolute atomic E-state index is 0.0800. The molecule has 2 atom stereocenters. The first-order chi connectivity index (χ1) is 10.1. The third-order valence-corrected chi connectivity index (χ3v) is 4.33. The lowest BCUT2D eigenvalue weighted by atomic mass is 10.0. The van der Waals surface area contributed by atoms with E-state index in [2.05, 4.69) is 59.1 Å². The van der Waals surface area contributed by atoms with E-state index in [-0.39, 0.29) is 12.1 Å². The Morgan fingerprint density at radius 3 is 2.81 bits per heavy atom. The van der Waals surface area contributed by atoms with Gasteiger partial charge in [-0.3, -0.25) is 0 Å². The largest absolute Gasteiger partial charge is 0.383 e. The van der Waals surface area contributed by atoms with Crippen LogP contribution in [0, 0.1) is 5.92 Å². The summed E-state index contributed by atoms with van der Waals surface area (Å²) in [5.41, 5.74) is 0. The molecule has 0 radical (unpaired) electrons. The van der Waals surface area contributed by atoms with Gasteiger partial charge in [0.2, 0.25) is 0 Å². The van der Waals surface area contributed by atoms with E-state index in [0.29, 0.717) is 12.5 Å². The number of aromatic nitrogens is 4. The molecular weight excluding hydrogens is 286 g/mol. The molecule has 2 rings (SSSR count). The van der Waals surface area contributed by atoms with Gasteiger partial charge in [0.1, 0.15) is 0 Å². The maximum Gasteiger partial charge on any atom is 0.168 e. The number of rotatable bonds is 8. The fourth-order valence-electron chi connectivity index (χ4n) is 2.34. The third kappa shape index (κ3) is 3.87. The number of nitrogens with one attached hydrogen (secondary N) is 1. The Morgan fingerprint density at radius 2 is 2.19 bits per heavy atom. The van der Waals surface area contributed by atoms with Gasteiger partial charge in [-0.15, -0.1) is 16.4 Å². The van der Waals surface area contributed by atoms with E-state index in [1.54, 1.807) is 18.4 Å². The lowest BCUT2D eigenvalue weighted by Gasteiger charge is -2.23. The zero-order valence-electron chi connectivity index (χ0n) is 13.0. The predicted molar refractivity (Wildman–Crippen MR) is 83.4 cm³/mol. The van der Waals surface area contributed by atoms with Crippen LogP contribution in [0.2, 0.25) is 0 Å². The Labute approximate surface area is 129 Å². The van der Waals surface area contributed by atoms with E-state index in [4.69, 9.17) is 4.74 Å². The van der Waals surface area contributed by atoms with Crippen LogP contribution in [0.1, 0.15) is 43.6 Å². The quantitative estimate of drug-likeness (QED) is 0.758. The first-order valence-electron chi connectivity index (χ1n) is 7.18. The lowest BCUT2D eigenvalue weighted by Crippen LogP contribution is -2.28. The maximum atomic E-state index is 5.07. The average molecular weight is 309 g/mol. The lowest BCUT2D eigenvalue weighted by molar-refractivity contribution is 0.195. The number of hydrogen-bond donors (Lipinski definition) is 1. The molecule has 0 aliphatic heterocycles. The third-order valence-electron chi connectivity index (χ3n) is 3.39. The molecule has 116 valence electrons. The van der Waals surface area contributed by atoms with Gasteiger partial charge < -0.3 is 10.1 Å². The summed E-state index contributed by atoms with van der Waals surface area (Å²) in [5, 5.41) is 17.8. The normalized spacial score (nSPS) is 14.5. The van der Waals surface area contributed by atoms with Gasteiger partial charge in [-0.05, 0) is 34.7 Å². The molecule has 0 saturated carbocycles. The van der Waals surface area contributed by atoms with Crippen molar-refractivity contribution in [3.8, 4) is 0 Å². The molecule has 6 nitrogen and oxygen atoms in total. The molecule has 2 aromatic rings. The second-order valence-electron chi connectivity index (χ2n) is 5.35. The maximum absolute atomic E-state index is 5.07. The Hall–Kier alpha value is -1.31. The second-order valence-corrected chi connectivity index (χ2v) is 6.33. The molecule has 0 fully saturated rings. The number of tetrazole rings is 1. The molecule has 0 aliphatic carbocycles. The van der Waals surface area contributed by atoms with Crippen LogP contribution in [0.25, 0.3) is 0 Å². The molecule has 0 saturated heterocycles. The Bertz CT molecular complexity index is 525. The van der Waals surface area contributed by atoms with Gasteiger partial charge in [-0.25, -0.2) is 4.68 Å². The fourth-order valence-corrected chi connectivity index (χ4v) is 3.33. The molecule has 0 spiro atoms. The van der Waals surface area contributed by atoms with E-state index >= 15 is 0 Å². The predicted octanol–water partition coefficient (Wildman–Crippen LogP) is 2.28. The molecule has 1 N–H and O–H groups in total. The molecule has 0 aromatic carbocycles. The summed E-state index contributed by atoms with van der Waals surface area (Å²) in [5.74, 6) is 1.27. The van der Waals surface area contributed by atoms with Crippen molar-refractivity contribution in [3.05, 3.63) is 28.2 Å².